The molecule has 0 saturated carbocycles. The van der Waals surface area contributed by atoms with Crippen molar-refractivity contribution in [2.24, 2.45) is 5.73 Å². The topological polar surface area (TPSA) is 53.7 Å². The molecule has 0 fully saturated rings. The summed E-state index contributed by atoms with van der Waals surface area (Å²) in [7, 11) is 0. The Balaban J connectivity index is 2.21. The molecular weight excluding hydrogens is 242 g/mol. The molecule has 1 aromatic carbocycles. The van der Waals surface area contributed by atoms with Crippen molar-refractivity contribution in [2.75, 3.05) is 13.4 Å². The van der Waals surface area contributed by atoms with E-state index in [-0.39, 0.29) is 12.8 Å². The fourth-order valence-corrected chi connectivity index (χ4v) is 1.92. The van der Waals surface area contributed by atoms with Crippen LogP contribution in [0.4, 0.5) is 0 Å². The van der Waals surface area contributed by atoms with Gasteiger partial charge in [-0.1, -0.05) is 19.1 Å². The third-order valence-electron chi connectivity index (χ3n) is 3.13. The van der Waals surface area contributed by atoms with E-state index in [2.05, 4.69) is 6.92 Å². The maximum atomic E-state index is 6.03. The minimum atomic E-state index is 0.129. The second kappa shape index (κ2) is 6.48. The molecule has 1 heterocycles. The zero-order valence-electron chi connectivity index (χ0n) is 11.5. The Morgan fingerprint density at radius 1 is 1.37 bits per heavy atom. The first-order valence-electron chi connectivity index (χ1n) is 6.66. The summed E-state index contributed by atoms with van der Waals surface area (Å²) in [5.41, 5.74) is 7.10. The SMILES string of the molecule is CC=CCOc1cc2c(cc1CC(N)CC)OCO2. The lowest BCUT2D eigenvalue weighted by Gasteiger charge is -2.14. The van der Waals surface area contributed by atoms with Crippen LogP contribution in [-0.4, -0.2) is 19.4 Å². The van der Waals surface area contributed by atoms with Crippen molar-refractivity contribution in [1.29, 1.82) is 0 Å². The molecule has 0 aromatic heterocycles. The van der Waals surface area contributed by atoms with Crippen molar-refractivity contribution < 1.29 is 14.2 Å². The molecule has 0 saturated heterocycles. The molecule has 104 valence electrons. The average molecular weight is 263 g/mol. The van der Waals surface area contributed by atoms with Gasteiger partial charge in [-0.25, -0.2) is 0 Å². The Labute approximate surface area is 114 Å². The Bertz CT molecular complexity index is 457. The van der Waals surface area contributed by atoms with Crippen molar-refractivity contribution in [3.63, 3.8) is 0 Å². The Kier molecular flexibility index (Phi) is 4.68. The maximum absolute atomic E-state index is 6.03. The van der Waals surface area contributed by atoms with Gasteiger partial charge in [0.05, 0.1) is 0 Å². The first kappa shape index (κ1) is 13.7. The zero-order chi connectivity index (χ0) is 13.7. The minimum Gasteiger partial charge on any atom is -0.489 e. The normalized spacial score (nSPS) is 14.9. The monoisotopic (exact) mass is 263 g/mol. The average Bonchev–Trinajstić information content (AvgIpc) is 2.86. The Morgan fingerprint density at radius 3 is 2.79 bits per heavy atom. The van der Waals surface area contributed by atoms with E-state index in [9.17, 15) is 0 Å². The molecule has 0 aliphatic carbocycles. The summed E-state index contributed by atoms with van der Waals surface area (Å²) in [6, 6.07) is 4.00. The van der Waals surface area contributed by atoms with Crippen molar-refractivity contribution in [1.82, 2.24) is 0 Å². The zero-order valence-corrected chi connectivity index (χ0v) is 11.5. The number of hydrogen-bond donors (Lipinski definition) is 1. The van der Waals surface area contributed by atoms with Crippen LogP contribution in [0.15, 0.2) is 24.3 Å². The quantitative estimate of drug-likeness (QED) is 0.802. The first-order valence-corrected chi connectivity index (χ1v) is 6.66. The molecule has 2 rings (SSSR count). The van der Waals surface area contributed by atoms with Gasteiger partial charge in [-0.2, -0.15) is 0 Å². The van der Waals surface area contributed by atoms with Gasteiger partial charge in [0, 0.05) is 12.1 Å². The van der Waals surface area contributed by atoms with Gasteiger partial charge < -0.3 is 19.9 Å². The van der Waals surface area contributed by atoms with Gasteiger partial charge in [0.25, 0.3) is 0 Å². The van der Waals surface area contributed by atoms with Crippen LogP contribution in [0.2, 0.25) is 0 Å². The summed E-state index contributed by atoms with van der Waals surface area (Å²) >= 11 is 0. The van der Waals surface area contributed by atoms with E-state index in [4.69, 9.17) is 19.9 Å². The molecule has 19 heavy (non-hydrogen) atoms. The number of nitrogens with two attached hydrogens (primary N) is 1. The fraction of sp³-hybridized carbons (Fsp3) is 0.467. The van der Waals surface area contributed by atoms with Gasteiger partial charge in [0.15, 0.2) is 11.5 Å². The maximum Gasteiger partial charge on any atom is 0.231 e. The Hall–Kier alpha value is -1.68. The second-order valence-corrected chi connectivity index (χ2v) is 4.57. The van der Waals surface area contributed by atoms with Crippen LogP contribution >= 0.6 is 0 Å². The van der Waals surface area contributed by atoms with Crippen LogP contribution in [-0.2, 0) is 6.42 Å². The minimum absolute atomic E-state index is 0.129. The highest BCUT2D eigenvalue weighted by Gasteiger charge is 2.19. The van der Waals surface area contributed by atoms with Crippen LogP contribution in [0.25, 0.3) is 0 Å². The van der Waals surface area contributed by atoms with Crippen LogP contribution in [0.5, 0.6) is 17.2 Å². The van der Waals surface area contributed by atoms with Crippen LogP contribution < -0.4 is 19.9 Å². The largest absolute Gasteiger partial charge is 0.489 e. The molecule has 1 aromatic rings. The summed E-state index contributed by atoms with van der Waals surface area (Å²) in [4.78, 5) is 0. The van der Waals surface area contributed by atoms with Gasteiger partial charge in [-0.15, -0.1) is 0 Å². The third-order valence-corrected chi connectivity index (χ3v) is 3.13. The van der Waals surface area contributed by atoms with Gasteiger partial charge >= 0.3 is 0 Å². The molecule has 0 spiro atoms. The van der Waals surface area contributed by atoms with E-state index in [1.54, 1.807) is 0 Å². The highest BCUT2D eigenvalue weighted by atomic mass is 16.7. The molecule has 1 unspecified atom stereocenters. The first-order chi connectivity index (χ1) is 9.24. The number of benzene rings is 1. The number of hydrogen-bond acceptors (Lipinski definition) is 4. The van der Waals surface area contributed by atoms with Crippen molar-refractivity contribution >= 4 is 0 Å². The summed E-state index contributed by atoms with van der Waals surface area (Å²) in [6.45, 7) is 4.87. The summed E-state index contributed by atoms with van der Waals surface area (Å²) in [5.74, 6) is 2.34. The lowest BCUT2D eigenvalue weighted by molar-refractivity contribution is 0.174. The van der Waals surface area contributed by atoms with Crippen LogP contribution in [0.3, 0.4) is 0 Å². The van der Waals surface area contributed by atoms with Crippen LogP contribution in [0.1, 0.15) is 25.8 Å². The molecular formula is C15H21NO3. The van der Waals surface area contributed by atoms with E-state index >= 15 is 0 Å². The van der Waals surface area contributed by atoms with Crippen molar-refractivity contribution in [2.45, 2.75) is 32.7 Å². The molecule has 0 amide bonds. The standard InChI is InChI=1S/C15H21NO3/c1-3-5-6-17-13-9-15-14(18-10-19-15)8-11(13)7-12(16)4-2/h3,5,8-9,12H,4,6-7,10,16H2,1-2H3. The van der Waals surface area contributed by atoms with Gasteiger partial charge in [0.2, 0.25) is 6.79 Å². The lowest BCUT2D eigenvalue weighted by atomic mass is 10.0. The Morgan fingerprint density at radius 2 is 2.11 bits per heavy atom. The molecule has 4 nitrogen and oxygen atoms in total. The molecule has 1 aliphatic rings. The molecule has 1 atom stereocenters. The van der Waals surface area contributed by atoms with E-state index < -0.39 is 0 Å². The number of fused-ring (bicyclic) bond motifs is 1. The van der Waals surface area contributed by atoms with E-state index in [0.717, 1.165) is 35.7 Å². The van der Waals surface area contributed by atoms with E-state index in [1.165, 1.54) is 0 Å². The predicted molar refractivity (Wildman–Crippen MR) is 74.8 cm³/mol. The number of allylic oxidation sites excluding steroid dienone is 1. The summed E-state index contributed by atoms with van der Waals surface area (Å²) < 4.78 is 16.6. The summed E-state index contributed by atoms with van der Waals surface area (Å²) in [6.07, 6.45) is 5.64. The van der Waals surface area contributed by atoms with E-state index in [1.807, 2.05) is 31.2 Å². The molecule has 0 radical (unpaired) electrons. The fourth-order valence-electron chi connectivity index (χ4n) is 1.92. The number of ether oxygens (including phenoxy) is 3. The van der Waals surface area contributed by atoms with E-state index in [0.29, 0.717) is 6.61 Å². The number of rotatable bonds is 6. The predicted octanol–water partition coefficient (Wildman–Crippen LogP) is 2.65. The third kappa shape index (κ3) is 3.41. The van der Waals surface area contributed by atoms with Crippen LogP contribution in [0, 0.1) is 0 Å². The van der Waals surface area contributed by atoms with Crippen molar-refractivity contribution in [3.8, 4) is 17.2 Å². The molecule has 2 N–H and O–H groups in total. The van der Waals surface area contributed by atoms with Crippen molar-refractivity contribution in [3.05, 3.63) is 29.8 Å². The molecule has 0 bridgehead atoms. The van der Waals surface area contributed by atoms with Gasteiger partial charge in [-0.05, 0) is 31.4 Å². The van der Waals surface area contributed by atoms with Gasteiger partial charge in [0.1, 0.15) is 12.4 Å². The highest BCUT2D eigenvalue weighted by molar-refractivity contribution is 5.52. The highest BCUT2D eigenvalue weighted by Crippen LogP contribution is 2.38. The summed E-state index contributed by atoms with van der Waals surface area (Å²) in [5, 5.41) is 0. The molecule has 1 aliphatic heterocycles. The van der Waals surface area contributed by atoms with Gasteiger partial charge in [-0.3, -0.25) is 0 Å². The smallest absolute Gasteiger partial charge is 0.231 e. The second-order valence-electron chi connectivity index (χ2n) is 4.57. The molecule has 4 heteroatoms. The lowest BCUT2D eigenvalue weighted by Crippen LogP contribution is -2.21.